The second-order valence-electron chi connectivity index (χ2n) is 8.52. The van der Waals surface area contributed by atoms with Crippen LogP contribution < -0.4 is 0 Å². The molecule has 0 unspecified atom stereocenters. The summed E-state index contributed by atoms with van der Waals surface area (Å²) in [6, 6.07) is 22.9. The van der Waals surface area contributed by atoms with Crippen LogP contribution in [-0.2, 0) is 4.74 Å². The van der Waals surface area contributed by atoms with E-state index in [0.29, 0.717) is 18.5 Å². The van der Waals surface area contributed by atoms with Gasteiger partial charge >= 0.3 is 0 Å². The lowest BCUT2D eigenvalue weighted by molar-refractivity contribution is 0.357. The van der Waals surface area contributed by atoms with Gasteiger partial charge in [0.2, 0.25) is 0 Å². The Bertz CT molecular complexity index is 979. The Morgan fingerprint density at radius 1 is 0.788 bits per heavy atom. The van der Waals surface area contributed by atoms with Crippen LogP contribution in [0.4, 0.5) is 8.78 Å². The molecule has 0 saturated carbocycles. The summed E-state index contributed by atoms with van der Waals surface area (Å²) in [6.45, 7) is 6.77. The van der Waals surface area contributed by atoms with E-state index in [9.17, 15) is 8.78 Å². The molecule has 0 atom stereocenters. The predicted octanol–water partition coefficient (Wildman–Crippen LogP) is 8.57. The number of hydrogen-bond donors (Lipinski definition) is 0. The van der Waals surface area contributed by atoms with Gasteiger partial charge in [0.1, 0.15) is 11.6 Å². The Kier molecular flexibility index (Phi) is 9.91. The zero-order chi connectivity index (χ0) is 23.7. The first-order chi connectivity index (χ1) is 15.8. The Labute approximate surface area is 208 Å². The minimum absolute atomic E-state index is 0.0117. The molecule has 0 bridgehead atoms. The summed E-state index contributed by atoms with van der Waals surface area (Å²) < 4.78 is 37.8. The highest BCUT2D eigenvalue weighted by atomic mass is 32.2. The van der Waals surface area contributed by atoms with Gasteiger partial charge in [0.15, 0.2) is 5.90 Å². The molecule has 0 spiro atoms. The highest BCUT2D eigenvalue weighted by Gasteiger charge is 2.21. The Balaban J connectivity index is 1.81. The monoisotopic (exact) mass is 519 g/mol. The normalized spacial score (nSPS) is 12.2. The molecular formula is C25H27F2NOS3Si. The zero-order valence-electron chi connectivity index (χ0n) is 18.8. The summed E-state index contributed by atoms with van der Waals surface area (Å²) in [7, 11) is -1.45. The average molecular weight is 520 g/mol. The maximum Gasteiger partial charge on any atom is 0.196 e. The van der Waals surface area contributed by atoms with E-state index in [0.717, 1.165) is 14.7 Å². The van der Waals surface area contributed by atoms with E-state index in [1.54, 1.807) is 47.8 Å². The van der Waals surface area contributed by atoms with Gasteiger partial charge in [0, 0.05) is 33.1 Å². The van der Waals surface area contributed by atoms with Crippen molar-refractivity contribution in [3.63, 3.8) is 0 Å². The van der Waals surface area contributed by atoms with Crippen molar-refractivity contribution in [1.82, 2.24) is 0 Å². The van der Waals surface area contributed by atoms with E-state index in [1.807, 2.05) is 30.3 Å². The fourth-order valence-corrected chi connectivity index (χ4v) is 6.30. The quantitative estimate of drug-likeness (QED) is 0.0668. The molecule has 33 heavy (non-hydrogen) atoms. The molecular weight excluding hydrogens is 493 g/mol. The van der Waals surface area contributed by atoms with E-state index in [-0.39, 0.29) is 16.2 Å². The molecule has 0 fully saturated rings. The standard InChI is InChI=1S/C25H27F2NOS3Si/c1-33(2,3)18-29-24(28-32-23-7-5-4-6-8-23)17-25(30-21-13-9-19(26)10-14-21)31-22-15-11-20(27)12-16-22/h4-16,25H,17-18H2,1-3H3/b28-24-. The first kappa shape index (κ1) is 25.9. The van der Waals surface area contributed by atoms with E-state index >= 15 is 0 Å². The fraction of sp³-hybridized carbons (Fsp3) is 0.240. The molecule has 0 aliphatic heterocycles. The Morgan fingerprint density at radius 2 is 1.30 bits per heavy atom. The highest BCUT2D eigenvalue weighted by molar-refractivity contribution is 8.17. The molecule has 0 aliphatic carbocycles. The molecule has 8 heteroatoms. The van der Waals surface area contributed by atoms with E-state index in [1.165, 1.54) is 36.2 Å². The van der Waals surface area contributed by atoms with Gasteiger partial charge in [-0.25, -0.2) is 8.78 Å². The second-order valence-corrected chi connectivity index (χ2v) is 17.6. The van der Waals surface area contributed by atoms with Crippen LogP contribution in [0.15, 0.2) is 97.9 Å². The van der Waals surface area contributed by atoms with Crippen molar-refractivity contribution < 1.29 is 13.5 Å². The maximum atomic E-state index is 13.4. The first-order valence-electron chi connectivity index (χ1n) is 10.5. The summed E-state index contributed by atoms with van der Waals surface area (Å²) in [4.78, 5) is 2.95. The molecule has 0 heterocycles. The maximum absolute atomic E-state index is 13.4. The first-order valence-corrected chi connectivity index (χ1v) is 16.8. The van der Waals surface area contributed by atoms with Crippen LogP contribution in [0.2, 0.25) is 19.6 Å². The van der Waals surface area contributed by atoms with E-state index in [2.05, 4.69) is 19.6 Å². The molecule has 0 saturated heterocycles. The molecule has 3 aromatic rings. The Hall–Kier alpha value is -1.74. The van der Waals surface area contributed by atoms with Gasteiger partial charge in [-0.1, -0.05) is 37.8 Å². The van der Waals surface area contributed by atoms with Crippen LogP contribution in [0.1, 0.15) is 6.42 Å². The van der Waals surface area contributed by atoms with Crippen molar-refractivity contribution in [2.75, 3.05) is 6.23 Å². The molecule has 3 aromatic carbocycles. The number of thioether (sulfide) groups is 2. The number of halogens is 2. The number of benzene rings is 3. The molecule has 0 aromatic heterocycles. The van der Waals surface area contributed by atoms with Gasteiger partial charge in [-0.2, -0.15) is 4.40 Å². The van der Waals surface area contributed by atoms with Gasteiger partial charge in [-0.05, 0) is 60.7 Å². The third-order valence-corrected chi connectivity index (χ3v) is 8.48. The smallest absolute Gasteiger partial charge is 0.196 e. The van der Waals surface area contributed by atoms with Gasteiger partial charge in [-0.3, -0.25) is 0 Å². The molecule has 3 rings (SSSR count). The van der Waals surface area contributed by atoms with Crippen molar-refractivity contribution >= 4 is 49.4 Å². The number of nitrogens with zero attached hydrogens (tertiary/aromatic N) is 1. The molecule has 0 amide bonds. The summed E-state index contributed by atoms with van der Waals surface area (Å²) in [5.74, 6) is 0.157. The molecule has 2 nitrogen and oxygen atoms in total. The second kappa shape index (κ2) is 12.6. The lowest BCUT2D eigenvalue weighted by Gasteiger charge is -2.21. The average Bonchev–Trinajstić information content (AvgIpc) is 2.79. The van der Waals surface area contributed by atoms with Crippen molar-refractivity contribution in [2.45, 2.75) is 45.3 Å². The fourth-order valence-electron chi connectivity index (χ4n) is 2.59. The van der Waals surface area contributed by atoms with Gasteiger partial charge in [-0.15, -0.1) is 23.5 Å². The summed E-state index contributed by atoms with van der Waals surface area (Å²) in [6.07, 6.45) is 1.25. The van der Waals surface area contributed by atoms with Crippen molar-refractivity contribution in [1.29, 1.82) is 0 Å². The third-order valence-electron chi connectivity index (χ3n) is 4.17. The van der Waals surface area contributed by atoms with Crippen LogP contribution in [0.25, 0.3) is 0 Å². The van der Waals surface area contributed by atoms with Crippen LogP contribution in [0.3, 0.4) is 0 Å². The molecule has 0 aliphatic rings. The SMILES string of the molecule is C[Si](C)(C)CO/C(CC(Sc1ccc(F)cc1)Sc1ccc(F)cc1)=N\Sc1ccccc1. The summed E-state index contributed by atoms with van der Waals surface area (Å²) >= 11 is 4.65. The topological polar surface area (TPSA) is 21.6 Å². The van der Waals surface area contributed by atoms with Crippen LogP contribution in [-0.4, -0.2) is 24.8 Å². The summed E-state index contributed by atoms with van der Waals surface area (Å²) in [5.41, 5.74) is 0. The minimum atomic E-state index is -1.45. The molecule has 0 radical (unpaired) electrons. The minimum Gasteiger partial charge on any atom is -0.484 e. The van der Waals surface area contributed by atoms with Crippen LogP contribution in [0, 0.1) is 11.6 Å². The van der Waals surface area contributed by atoms with Crippen LogP contribution >= 0.6 is 35.5 Å². The van der Waals surface area contributed by atoms with Gasteiger partial charge in [0.05, 0.1) is 18.9 Å². The number of hydrogen-bond acceptors (Lipinski definition) is 5. The zero-order valence-corrected chi connectivity index (χ0v) is 22.3. The number of ether oxygens (including phenoxy) is 1. The predicted molar refractivity (Wildman–Crippen MR) is 142 cm³/mol. The van der Waals surface area contributed by atoms with Crippen molar-refractivity contribution in [3.8, 4) is 0 Å². The highest BCUT2D eigenvalue weighted by Crippen LogP contribution is 2.38. The van der Waals surface area contributed by atoms with Gasteiger partial charge in [0.25, 0.3) is 0 Å². The number of rotatable bonds is 10. The van der Waals surface area contributed by atoms with E-state index in [4.69, 9.17) is 9.13 Å². The third kappa shape index (κ3) is 9.96. The van der Waals surface area contributed by atoms with E-state index < -0.39 is 8.07 Å². The lowest BCUT2D eigenvalue weighted by atomic mass is 10.3. The molecule has 174 valence electrons. The largest absolute Gasteiger partial charge is 0.484 e. The summed E-state index contributed by atoms with van der Waals surface area (Å²) in [5, 5.41) is 0. The molecule has 0 N–H and O–H groups in total. The van der Waals surface area contributed by atoms with Crippen molar-refractivity contribution in [2.24, 2.45) is 4.40 Å². The Morgan fingerprint density at radius 3 is 1.79 bits per heavy atom. The van der Waals surface area contributed by atoms with Crippen LogP contribution in [0.5, 0.6) is 0 Å². The lowest BCUT2D eigenvalue weighted by Crippen LogP contribution is -2.30. The van der Waals surface area contributed by atoms with Gasteiger partial charge < -0.3 is 4.74 Å². The van der Waals surface area contributed by atoms with Crippen molar-refractivity contribution in [3.05, 3.63) is 90.5 Å².